The molecule has 0 unspecified atom stereocenters. The summed E-state index contributed by atoms with van der Waals surface area (Å²) < 4.78 is 5.05. The van der Waals surface area contributed by atoms with Crippen LogP contribution in [0.2, 0.25) is 0 Å². The zero-order valence-electron chi connectivity index (χ0n) is 14.0. The Bertz CT molecular complexity index is 572. The Morgan fingerprint density at radius 3 is 2.50 bits per heavy atom. The Morgan fingerprint density at radius 1 is 1.25 bits per heavy atom. The molecule has 1 heterocycles. The van der Waals surface area contributed by atoms with Crippen LogP contribution in [-0.2, 0) is 14.3 Å². The van der Waals surface area contributed by atoms with Gasteiger partial charge in [0, 0.05) is 12.6 Å². The number of hydrogen-bond acceptors (Lipinski definition) is 6. The first-order valence-electron chi connectivity index (χ1n) is 7.77. The van der Waals surface area contributed by atoms with Crippen molar-refractivity contribution in [1.82, 2.24) is 4.98 Å². The van der Waals surface area contributed by atoms with Crippen LogP contribution in [0.25, 0.3) is 0 Å². The third-order valence-corrected chi connectivity index (χ3v) is 3.25. The topological polar surface area (TPSA) is 137 Å². The molecule has 8 nitrogen and oxygen atoms in total. The van der Waals surface area contributed by atoms with Crippen LogP contribution in [0.5, 0.6) is 0 Å². The quantitative estimate of drug-likeness (QED) is 0.571. The molecule has 0 saturated carbocycles. The van der Waals surface area contributed by atoms with Crippen LogP contribution in [0, 0.1) is 5.92 Å². The molecule has 0 radical (unpaired) electrons. The summed E-state index contributed by atoms with van der Waals surface area (Å²) in [6, 6.07) is 2.04. The summed E-state index contributed by atoms with van der Waals surface area (Å²) in [5.41, 5.74) is 11.1. The molecule has 24 heavy (non-hydrogen) atoms. The second-order valence-corrected chi connectivity index (χ2v) is 5.83. The molecule has 0 fully saturated rings. The van der Waals surface area contributed by atoms with E-state index in [1.165, 1.54) is 18.3 Å². The van der Waals surface area contributed by atoms with Crippen molar-refractivity contribution in [2.45, 2.75) is 39.2 Å². The predicted octanol–water partition coefficient (Wildman–Crippen LogP) is 0.816. The van der Waals surface area contributed by atoms with E-state index < -0.39 is 17.9 Å². The maximum absolute atomic E-state index is 11.9. The van der Waals surface area contributed by atoms with Crippen LogP contribution in [0.1, 0.15) is 43.5 Å². The molecule has 1 aromatic heterocycles. The summed E-state index contributed by atoms with van der Waals surface area (Å²) in [6.07, 6.45) is 2.30. The van der Waals surface area contributed by atoms with Crippen LogP contribution in [0.15, 0.2) is 18.3 Å². The van der Waals surface area contributed by atoms with Crippen molar-refractivity contribution < 1.29 is 19.1 Å². The zero-order chi connectivity index (χ0) is 18.1. The molecule has 0 spiro atoms. The van der Waals surface area contributed by atoms with Gasteiger partial charge in [-0.1, -0.05) is 13.8 Å². The largest absolute Gasteiger partial charge is 0.466 e. The molecular formula is C16H24N4O4. The van der Waals surface area contributed by atoms with Gasteiger partial charge in [0.1, 0.15) is 5.82 Å². The Hall–Kier alpha value is -2.48. The average Bonchev–Trinajstić information content (AvgIpc) is 2.52. The number of ether oxygens (including phenoxy) is 1. The van der Waals surface area contributed by atoms with Crippen molar-refractivity contribution in [3.63, 3.8) is 0 Å². The molecule has 0 aromatic carbocycles. The van der Waals surface area contributed by atoms with E-state index >= 15 is 0 Å². The summed E-state index contributed by atoms with van der Waals surface area (Å²) in [5.74, 6) is -0.737. The van der Waals surface area contributed by atoms with E-state index in [1.54, 1.807) is 0 Å². The number of nitrogens with zero attached hydrogens (tertiary/aromatic N) is 1. The minimum Gasteiger partial charge on any atom is -0.466 e. The summed E-state index contributed by atoms with van der Waals surface area (Å²) in [5, 5.41) is 2.51. The standard InChI is InChI=1S/C16H24N4O4/c1-10(2)7-8-24-14(21)6-4-12(17)16(23)20-13-5-3-11(9-19-13)15(18)22/h3,5,9-10,12H,4,6-8,17H2,1-2H3,(H2,18,22)(H,19,20,23)/t12-/m0/s1. The Labute approximate surface area is 140 Å². The number of rotatable bonds is 9. The van der Waals surface area contributed by atoms with E-state index in [4.69, 9.17) is 16.2 Å². The van der Waals surface area contributed by atoms with Gasteiger partial charge >= 0.3 is 5.97 Å². The molecular weight excluding hydrogens is 312 g/mol. The number of esters is 1. The highest BCUT2D eigenvalue weighted by Crippen LogP contribution is 2.07. The van der Waals surface area contributed by atoms with E-state index in [1.807, 2.05) is 13.8 Å². The van der Waals surface area contributed by atoms with Crippen molar-refractivity contribution in [1.29, 1.82) is 0 Å². The number of hydrogen-bond donors (Lipinski definition) is 3. The molecule has 0 bridgehead atoms. The molecule has 1 rings (SSSR count). The van der Waals surface area contributed by atoms with Gasteiger partial charge in [0.15, 0.2) is 0 Å². The van der Waals surface area contributed by atoms with Gasteiger partial charge in [-0.3, -0.25) is 14.4 Å². The SMILES string of the molecule is CC(C)CCOC(=O)CC[C@H](N)C(=O)Nc1ccc(C(N)=O)cn1. The van der Waals surface area contributed by atoms with E-state index in [9.17, 15) is 14.4 Å². The van der Waals surface area contributed by atoms with Crippen molar-refractivity contribution in [3.05, 3.63) is 23.9 Å². The lowest BCUT2D eigenvalue weighted by molar-refractivity contribution is -0.144. The Balaban J connectivity index is 2.36. The fourth-order valence-corrected chi connectivity index (χ4v) is 1.72. The molecule has 0 saturated heterocycles. The van der Waals surface area contributed by atoms with Gasteiger partial charge in [-0.25, -0.2) is 4.98 Å². The molecule has 132 valence electrons. The molecule has 0 aliphatic rings. The lowest BCUT2D eigenvalue weighted by atomic mass is 10.1. The first-order chi connectivity index (χ1) is 11.3. The number of aromatic nitrogens is 1. The minimum absolute atomic E-state index is 0.0702. The third kappa shape index (κ3) is 7.19. The van der Waals surface area contributed by atoms with Crippen molar-refractivity contribution in [2.24, 2.45) is 17.4 Å². The van der Waals surface area contributed by atoms with Crippen LogP contribution in [-0.4, -0.2) is 35.4 Å². The van der Waals surface area contributed by atoms with Crippen LogP contribution in [0.4, 0.5) is 5.82 Å². The van der Waals surface area contributed by atoms with Gasteiger partial charge in [0.05, 0.1) is 18.2 Å². The number of carbonyl (C=O) groups is 3. The fraction of sp³-hybridized carbons (Fsp3) is 0.500. The average molecular weight is 336 g/mol. The zero-order valence-corrected chi connectivity index (χ0v) is 14.0. The summed E-state index contributed by atoms with van der Waals surface area (Å²) >= 11 is 0. The third-order valence-electron chi connectivity index (χ3n) is 3.25. The lowest BCUT2D eigenvalue weighted by Gasteiger charge is -2.12. The second kappa shape index (κ2) is 9.61. The highest BCUT2D eigenvalue weighted by Gasteiger charge is 2.16. The normalized spacial score (nSPS) is 11.8. The molecule has 8 heteroatoms. The summed E-state index contributed by atoms with van der Waals surface area (Å²) in [4.78, 5) is 38.3. The maximum atomic E-state index is 11.9. The predicted molar refractivity (Wildman–Crippen MR) is 89.0 cm³/mol. The van der Waals surface area contributed by atoms with Crippen LogP contribution >= 0.6 is 0 Å². The summed E-state index contributed by atoms with van der Waals surface area (Å²) in [6.45, 7) is 4.45. The number of carbonyl (C=O) groups excluding carboxylic acids is 3. The Kier molecular flexibility index (Phi) is 7.84. The fourth-order valence-electron chi connectivity index (χ4n) is 1.72. The van der Waals surface area contributed by atoms with Gasteiger partial charge in [-0.05, 0) is 30.9 Å². The number of amides is 2. The summed E-state index contributed by atoms with van der Waals surface area (Å²) in [7, 11) is 0. The maximum Gasteiger partial charge on any atom is 0.305 e. The van der Waals surface area contributed by atoms with Gasteiger partial charge in [-0.15, -0.1) is 0 Å². The number of nitrogens with two attached hydrogens (primary N) is 2. The van der Waals surface area contributed by atoms with Crippen LogP contribution < -0.4 is 16.8 Å². The van der Waals surface area contributed by atoms with Crippen molar-refractivity contribution >= 4 is 23.6 Å². The second-order valence-electron chi connectivity index (χ2n) is 5.83. The first kappa shape index (κ1) is 19.6. The van der Waals surface area contributed by atoms with Crippen molar-refractivity contribution in [2.75, 3.05) is 11.9 Å². The Morgan fingerprint density at radius 2 is 1.96 bits per heavy atom. The lowest BCUT2D eigenvalue weighted by Crippen LogP contribution is -2.36. The van der Waals surface area contributed by atoms with E-state index in [-0.39, 0.29) is 30.2 Å². The first-order valence-corrected chi connectivity index (χ1v) is 7.77. The molecule has 0 aliphatic carbocycles. The smallest absolute Gasteiger partial charge is 0.305 e. The monoisotopic (exact) mass is 336 g/mol. The van der Waals surface area contributed by atoms with E-state index in [2.05, 4.69) is 10.3 Å². The van der Waals surface area contributed by atoms with E-state index in [0.29, 0.717) is 12.5 Å². The number of nitrogens with one attached hydrogen (secondary N) is 1. The molecule has 1 aromatic rings. The van der Waals surface area contributed by atoms with Crippen molar-refractivity contribution in [3.8, 4) is 0 Å². The van der Waals surface area contributed by atoms with Gasteiger partial charge in [-0.2, -0.15) is 0 Å². The molecule has 5 N–H and O–H groups in total. The van der Waals surface area contributed by atoms with Gasteiger partial charge in [0.2, 0.25) is 11.8 Å². The van der Waals surface area contributed by atoms with Gasteiger partial charge < -0.3 is 21.5 Å². The number of anilines is 1. The highest BCUT2D eigenvalue weighted by atomic mass is 16.5. The highest BCUT2D eigenvalue weighted by molar-refractivity contribution is 5.95. The molecule has 1 atom stereocenters. The van der Waals surface area contributed by atoms with Gasteiger partial charge in [0.25, 0.3) is 0 Å². The van der Waals surface area contributed by atoms with Crippen LogP contribution in [0.3, 0.4) is 0 Å². The van der Waals surface area contributed by atoms with E-state index in [0.717, 1.165) is 6.42 Å². The minimum atomic E-state index is -0.861. The molecule has 0 aliphatic heterocycles. The number of primary amides is 1. The molecule has 2 amide bonds. The number of pyridine rings is 1.